The van der Waals surface area contributed by atoms with E-state index in [2.05, 4.69) is 24.1 Å². The Hall–Kier alpha value is -1.54. The van der Waals surface area contributed by atoms with Crippen molar-refractivity contribution in [3.63, 3.8) is 0 Å². The van der Waals surface area contributed by atoms with E-state index in [1.807, 2.05) is 6.92 Å². The minimum Gasteiger partial charge on any atom is -0.464 e. The van der Waals surface area contributed by atoms with Crippen molar-refractivity contribution in [3.8, 4) is 0 Å². The predicted octanol–water partition coefficient (Wildman–Crippen LogP) is 1.57. The lowest BCUT2D eigenvalue weighted by Crippen LogP contribution is -2.05. The summed E-state index contributed by atoms with van der Waals surface area (Å²) in [6.45, 7) is 1.82. The van der Waals surface area contributed by atoms with Gasteiger partial charge in [-0.25, -0.2) is 14.8 Å². The molecule has 0 N–H and O–H groups in total. The lowest BCUT2D eigenvalue weighted by molar-refractivity contribution is 0.0592. The molecule has 0 radical (unpaired) electrons. The summed E-state index contributed by atoms with van der Waals surface area (Å²) >= 11 is 2.60. The van der Waals surface area contributed by atoms with Crippen LogP contribution in [0.2, 0.25) is 0 Å². The number of aromatic nitrogens is 4. The molecule has 2 heterocycles. The standard InChI is InChI=1S/C9H8N4O2S2/c1-5-11-9(17-13-5)16-7-4-10-3-6(12-7)8(14)15-2/h3-4H,1-2H3. The number of aryl methyl sites for hydroxylation is 1. The summed E-state index contributed by atoms with van der Waals surface area (Å²) < 4.78 is 9.39. The number of carbonyl (C=O) groups is 1. The first-order chi connectivity index (χ1) is 8.19. The Kier molecular flexibility index (Phi) is 3.64. The van der Waals surface area contributed by atoms with Crippen molar-refractivity contribution >= 4 is 29.3 Å². The summed E-state index contributed by atoms with van der Waals surface area (Å²) in [4.78, 5) is 23.5. The highest BCUT2D eigenvalue weighted by atomic mass is 32.2. The highest BCUT2D eigenvalue weighted by molar-refractivity contribution is 8.00. The lowest BCUT2D eigenvalue weighted by atomic mass is 10.5. The molecule has 0 saturated heterocycles. The molecule has 0 aliphatic carbocycles. The van der Waals surface area contributed by atoms with Gasteiger partial charge in [0, 0.05) is 0 Å². The number of nitrogens with zero attached hydrogens (tertiary/aromatic N) is 4. The molecule has 0 saturated carbocycles. The van der Waals surface area contributed by atoms with Crippen LogP contribution in [-0.2, 0) is 4.74 Å². The van der Waals surface area contributed by atoms with Gasteiger partial charge in [0.25, 0.3) is 0 Å². The summed E-state index contributed by atoms with van der Waals surface area (Å²) in [5, 5.41) is 0.587. The van der Waals surface area contributed by atoms with Gasteiger partial charge in [0.15, 0.2) is 10.0 Å². The Labute approximate surface area is 106 Å². The molecular weight excluding hydrogens is 260 g/mol. The van der Waals surface area contributed by atoms with Gasteiger partial charge in [0.05, 0.1) is 19.5 Å². The highest BCUT2D eigenvalue weighted by Gasteiger charge is 2.10. The molecule has 2 aromatic heterocycles. The van der Waals surface area contributed by atoms with E-state index in [1.165, 1.54) is 36.6 Å². The van der Waals surface area contributed by atoms with Gasteiger partial charge in [0.2, 0.25) is 0 Å². The van der Waals surface area contributed by atoms with Crippen molar-refractivity contribution in [1.82, 2.24) is 19.3 Å². The molecule has 0 amide bonds. The Morgan fingerprint density at radius 2 is 2.24 bits per heavy atom. The third-order valence-electron chi connectivity index (χ3n) is 1.71. The second kappa shape index (κ2) is 5.19. The molecule has 8 heteroatoms. The van der Waals surface area contributed by atoms with Crippen molar-refractivity contribution in [1.29, 1.82) is 0 Å². The highest BCUT2D eigenvalue weighted by Crippen LogP contribution is 2.26. The van der Waals surface area contributed by atoms with Crippen molar-refractivity contribution in [2.75, 3.05) is 7.11 Å². The molecule has 0 bridgehead atoms. The summed E-state index contributed by atoms with van der Waals surface area (Å²) in [5.41, 5.74) is 0.179. The van der Waals surface area contributed by atoms with Crippen LogP contribution >= 0.6 is 23.3 Å². The van der Waals surface area contributed by atoms with Crippen LogP contribution in [0.25, 0.3) is 0 Å². The number of ether oxygens (including phenoxy) is 1. The lowest BCUT2D eigenvalue weighted by Gasteiger charge is -1.99. The number of hydrogen-bond acceptors (Lipinski definition) is 8. The number of esters is 1. The van der Waals surface area contributed by atoms with Crippen molar-refractivity contribution in [2.24, 2.45) is 0 Å². The van der Waals surface area contributed by atoms with Gasteiger partial charge >= 0.3 is 5.97 Å². The zero-order chi connectivity index (χ0) is 12.3. The second-order valence-corrected chi connectivity index (χ2v) is 4.96. The summed E-state index contributed by atoms with van der Waals surface area (Å²) in [7, 11) is 1.30. The molecule has 0 atom stereocenters. The van der Waals surface area contributed by atoms with E-state index >= 15 is 0 Å². The maximum absolute atomic E-state index is 11.3. The molecule has 0 aliphatic rings. The minimum absolute atomic E-state index is 0.179. The molecule has 2 rings (SSSR count). The van der Waals surface area contributed by atoms with Crippen LogP contribution in [0.15, 0.2) is 21.8 Å². The smallest absolute Gasteiger partial charge is 0.358 e. The summed E-state index contributed by atoms with van der Waals surface area (Å²) in [6.07, 6.45) is 2.93. The van der Waals surface area contributed by atoms with Crippen molar-refractivity contribution in [2.45, 2.75) is 16.3 Å². The molecule has 88 valence electrons. The van der Waals surface area contributed by atoms with Crippen LogP contribution in [-0.4, -0.2) is 32.4 Å². The third-order valence-corrected chi connectivity index (χ3v) is 3.46. The fourth-order valence-corrected chi connectivity index (χ4v) is 2.56. The monoisotopic (exact) mass is 268 g/mol. The number of rotatable bonds is 3. The fraction of sp³-hybridized carbons (Fsp3) is 0.222. The van der Waals surface area contributed by atoms with E-state index < -0.39 is 5.97 Å². The van der Waals surface area contributed by atoms with Gasteiger partial charge in [-0.1, -0.05) is 0 Å². The zero-order valence-corrected chi connectivity index (χ0v) is 10.7. The van der Waals surface area contributed by atoms with E-state index in [-0.39, 0.29) is 5.69 Å². The quantitative estimate of drug-likeness (QED) is 0.782. The first-order valence-electron chi connectivity index (χ1n) is 4.57. The largest absolute Gasteiger partial charge is 0.464 e. The van der Waals surface area contributed by atoms with Crippen LogP contribution in [0.1, 0.15) is 16.3 Å². The molecule has 0 spiro atoms. The van der Waals surface area contributed by atoms with Gasteiger partial charge in [0.1, 0.15) is 10.9 Å². The van der Waals surface area contributed by atoms with E-state index in [9.17, 15) is 4.79 Å². The van der Waals surface area contributed by atoms with Gasteiger partial charge in [-0.15, -0.1) is 0 Å². The maximum atomic E-state index is 11.3. The fourth-order valence-electron chi connectivity index (χ4n) is 1.01. The maximum Gasteiger partial charge on any atom is 0.358 e. The molecule has 0 aliphatic heterocycles. The zero-order valence-electron chi connectivity index (χ0n) is 9.08. The normalized spacial score (nSPS) is 10.2. The Bertz CT molecular complexity index is 543. The minimum atomic E-state index is -0.506. The second-order valence-electron chi connectivity index (χ2n) is 2.94. The first kappa shape index (κ1) is 11.9. The van der Waals surface area contributed by atoms with Crippen LogP contribution in [0, 0.1) is 6.92 Å². The van der Waals surface area contributed by atoms with E-state index in [0.717, 1.165) is 10.2 Å². The Morgan fingerprint density at radius 1 is 1.41 bits per heavy atom. The average molecular weight is 268 g/mol. The molecular formula is C9H8N4O2S2. The molecule has 17 heavy (non-hydrogen) atoms. The molecule has 2 aromatic rings. The predicted molar refractivity (Wildman–Crippen MR) is 62.1 cm³/mol. The van der Waals surface area contributed by atoms with Crippen LogP contribution < -0.4 is 0 Å². The topological polar surface area (TPSA) is 77.9 Å². The number of hydrogen-bond donors (Lipinski definition) is 0. The van der Waals surface area contributed by atoms with Crippen LogP contribution in [0.5, 0.6) is 0 Å². The van der Waals surface area contributed by atoms with Crippen LogP contribution in [0.3, 0.4) is 0 Å². The van der Waals surface area contributed by atoms with Gasteiger partial charge < -0.3 is 4.74 Å². The number of carbonyl (C=O) groups excluding carboxylic acids is 1. The molecule has 0 aromatic carbocycles. The molecule has 6 nitrogen and oxygen atoms in total. The molecule has 0 unspecified atom stereocenters. The van der Waals surface area contributed by atoms with Gasteiger partial charge in [-0.3, -0.25) is 4.98 Å². The summed E-state index contributed by atoms with van der Waals surface area (Å²) in [5.74, 6) is 0.211. The van der Waals surface area contributed by atoms with Gasteiger partial charge in [-0.2, -0.15) is 4.37 Å². The van der Waals surface area contributed by atoms with Crippen molar-refractivity contribution < 1.29 is 9.53 Å². The summed E-state index contributed by atoms with van der Waals surface area (Å²) in [6, 6.07) is 0. The molecule has 0 fully saturated rings. The Morgan fingerprint density at radius 3 is 2.88 bits per heavy atom. The van der Waals surface area contributed by atoms with E-state index in [0.29, 0.717) is 5.03 Å². The Balaban J connectivity index is 2.19. The number of methoxy groups -OCH3 is 1. The van der Waals surface area contributed by atoms with Crippen LogP contribution in [0.4, 0.5) is 0 Å². The first-order valence-corrected chi connectivity index (χ1v) is 6.16. The van der Waals surface area contributed by atoms with Gasteiger partial charge in [-0.05, 0) is 30.2 Å². The third kappa shape index (κ3) is 2.98. The average Bonchev–Trinajstić information content (AvgIpc) is 2.74. The van der Waals surface area contributed by atoms with E-state index in [1.54, 1.807) is 6.20 Å². The van der Waals surface area contributed by atoms with E-state index in [4.69, 9.17) is 0 Å². The van der Waals surface area contributed by atoms with Crippen molar-refractivity contribution in [3.05, 3.63) is 23.9 Å². The SMILES string of the molecule is COC(=O)c1cncc(Sc2nc(C)ns2)n1.